The first-order chi connectivity index (χ1) is 10.3. The molecule has 1 heterocycles. The molecule has 0 unspecified atom stereocenters. The lowest BCUT2D eigenvalue weighted by molar-refractivity contribution is 0.101. The van der Waals surface area contributed by atoms with Gasteiger partial charge in [0.25, 0.3) is 0 Å². The number of benzene rings is 2. The molecule has 0 atom stereocenters. The Bertz CT molecular complexity index is 740. The summed E-state index contributed by atoms with van der Waals surface area (Å²) < 4.78 is 5.68. The number of carbonyl (C=O) groups excluding carboxylic acids is 1. The van der Waals surface area contributed by atoms with Gasteiger partial charge in [0.15, 0.2) is 5.76 Å². The van der Waals surface area contributed by atoms with Gasteiger partial charge in [-0.1, -0.05) is 42.5 Å². The Morgan fingerprint density at radius 2 is 1.86 bits per heavy atom. The molecule has 0 radical (unpaired) electrons. The van der Waals surface area contributed by atoms with Gasteiger partial charge < -0.3 is 9.73 Å². The zero-order valence-corrected chi connectivity index (χ0v) is 11.9. The van der Waals surface area contributed by atoms with Crippen molar-refractivity contribution in [3.63, 3.8) is 0 Å². The highest BCUT2D eigenvalue weighted by Gasteiger charge is 2.17. The lowest BCUT2D eigenvalue weighted by Crippen LogP contribution is -2.13. The fourth-order valence-corrected chi connectivity index (χ4v) is 2.45. The predicted octanol–water partition coefficient (Wildman–Crippen LogP) is 3.43. The molecule has 0 amide bonds. The standard InChI is InChI=1S/C18H17NO2/c1-19-11-10-13-6-2-4-8-15(13)18(20)17-12-14-7-3-5-9-16(14)21-17/h2-9,12,19H,10-11H2,1H3. The molecule has 0 aliphatic carbocycles. The molecule has 3 rings (SSSR count). The van der Waals surface area contributed by atoms with Crippen molar-refractivity contribution in [3.8, 4) is 0 Å². The highest BCUT2D eigenvalue weighted by Crippen LogP contribution is 2.22. The number of furan rings is 1. The van der Waals surface area contributed by atoms with Gasteiger partial charge in [-0.15, -0.1) is 0 Å². The van der Waals surface area contributed by atoms with Crippen molar-refractivity contribution >= 4 is 16.8 Å². The number of rotatable bonds is 5. The Balaban J connectivity index is 1.98. The zero-order valence-electron chi connectivity index (χ0n) is 11.9. The van der Waals surface area contributed by atoms with Gasteiger partial charge in [0.2, 0.25) is 5.78 Å². The Morgan fingerprint density at radius 3 is 2.67 bits per heavy atom. The molecule has 106 valence electrons. The van der Waals surface area contributed by atoms with Crippen LogP contribution >= 0.6 is 0 Å². The number of carbonyl (C=O) groups is 1. The van der Waals surface area contributed by atoms with Crippen LogP contribution in [-0.2, 0) is 6.42 Å². The number of fused-ring (bicyclic) bond motifs is 1. The van der Waals surface area contributed by atoms with Crippen LogP contribution in [0.15, 0.2) is 59.0 Å². The molecule has 0 saturated heterocycles. The van der Waals surface area contributed by atoms with Gasteiger partial charge in [-0.2, -0.15) is 0 Å². The molecule has 21 heavy (non-hydrogen) atoms. The second kappa shape index (κ2) is 5.94. The van der Waals surface area contributed by atoms with Gasteiger partial charge in [-0.3, -0.25) is 4.79 Å². The number of para-hydroxylation sites is 1. The molecule has 0 saturated carbocycles. The third-order valence-corrected chi connectivity index (χ3v) is 3.56. The van der Waals surface area contributed by atoms with E-state index in [0.717, 1.165) is 29.5 Å². The van der Waals surface area contributed by atoms with Crippen LogP contribution in [0.5, 0.6) is 0 Å². The summed E-state index contributed by atoms with van der Waals surface area (Å²) in [4.78, 5) is 12.7. The highest BCUT2D eigenvalue weighted by molar-refractivity contribution is 6.09. The first-order valence-electron chi connectivity index (χ1n) is 7.05. The molecule has 0 spiro atoms. The van der Waals surface area contributed by atoms with Crippen molar-refractivity contribution in [2.75, 3.05) is 13.6 Å². The van der Waals surface area contributed by atoms with E-state index in [4.69, 9.17) is 4.42 Å². The summed E-state index contributed by atoms with van der Waals surface area (Å²) in [7, 11) is 1.91. The lowest BCUT2D eigenvalue weighted by Gasteiger charge is -2.06. The molecule has 0 aliphatic heterocycles. The van der Waals surface area contributed by atoms with Gasteiger partial charge in [0.05, 0.1) is 0 Å². The fraction of sp³-hybridized carbons (Fsp3) is 0.167. The van der Waals surface area contributed by atoms with Gasteiger partial charge in [0.1, 0.15) is 5.58 Å². The van der Waals surface area contributed by atoms with E-state index in [1.807, 2.05) is 61.6 Å². The van der Waals surface area contributed by atoms with E-state index in [2.05, 4.69) is 5.32 Å². The maximum absolute atomic E-state index is 12.7. The van der Waals surface area contributed by atoms with Crippen LogP contribution in [0.4, 0.5) is 0 Å². The summed E-state index contributed by atoms with van der Waals surface area (Å²) in [5.41, 5.74) is 2.50. The van der Waals surface area contributed by atoms with E-state index in [0.29, 0.717) is 11.3 Å². The van der Waals surface area contributed by atoms with E-state index in [1.54, 1.807) is 0 Å². The minimum atomic E-state index is -0.0575. The van der Waals surface area contributed by atoms with Crippen molar-refractivity contribution in [2.24, 2.45) is 0 Å². The zero-order chi connectivity index (χ0) is 14.7. The average molecular weight is 279 g/mol. The summed E-state index contributed by atoms with van der Waals surface area (Å²) >= 11 is 0. The first kappa shape index (κ1) is 13.6. The second-order valence-electron chi connectivity index (χ2n) is 4.99. The largest absolute Gasteiger partial charge is 0.453 e. The van der Waals surface area contributed by atoms with Crippen LogP contribution in [0.2, 0.25) is 0 Å². The Morgan fingerprint density at radius 1 is 1.10 bits per heavy atom. The number of hydrogen-bond donors (Lipinski definition) is 1. The van der Waals surface area contributed by atoms with E-state index in [1.165, 1.54) is 0 Å². The maximum atomic E-state index is 12.7. The molecular weight excluding hydrogens is 262 g/mol. The highest BCUT2D eigenvalue weighted by atomic mass is 16.3. The number of ketones is 1. The summed E-state index contributed by atoms with van der Waals surface area (Å²) in [6.45, 7) is 0.838. The molecule has 0 aliphatic rings. The van der Waals surface area contributed by atoms with Crippen molar-refractivity contribution in [1.29, 1.82) is 0 Å². The molecule has 2 aromatic carbocycles. The Kier molecular flexibility index (Phi) is 3.84. The Labute approximate surface area is 123 Å². The molecule has 3 heteroatoms. The SMILES string of the molecule is CNCCc1ccccc1C(=O)c1cc2ccccc2o1. The van der Waals surface area contributed by atoms with Crippen LogP contribution in [0.25, 0.3) is 11.0 Å². The fourth-order valence-electron chi connectivity index (χ4n) is 2.45. The maximum Gasteiger partial charge on any atom is 0.228 e. The summed E-state index contributed by atoms with van der Waals surface area (Å²) in [5.74, 6) is 0.339. The van der Waals surface area contributed by atoms with Crippen molar-refractivity contribution in [1.82, 2.24) is 5.32 Å². The van der Waals surface area contributed by atoms with E-state index in [-0.39, 0.29) is 5.78 Å². The van der Waals surface area contributed by atoms with E-state index < -0.39 is 0 Å². The molecule has 1 aromatic heterocycles. The smallest absolute Gasteiger partial charge is 0.228 e. The minimum absolute atomic E-state index is 0.0575. The average Bonchev–Trinajstić information content (AvgIpc) is 2.96. The molecule has 0 fully saturated rings. The van der Waals surface area contributed by atoms with Crippen LogP contribution in [0, 0.1) is 0 Å². The lowest BCUT2D eigenvalue weighted by atomic mass is 9.99. The quantitative estimate of drug-likeness (QED) is 0.728. The number of likely N-dealkylation sites (N-methyl/N-ethyl adjacent to an activating group) is 1. The molecule has 3 nitrogen and oxygen atoms in total. The molecular formula is C18H17NO2. The van der Waals surface area contributed by atoms with Crippen LogP contribution < -0.4 is 5.32 Å². The van der Waals surface area contributed by atoms with Crippen LogP contribution in [0.3, 0.4) is 0 Å². The molecule has 0 bridgehead atoms. The van der Waals surface area contributed by atoms with Crippen LogP contribution in [-0.4, -0.2) is 19.4 Å². The van der Waals surface area contributed by atoms with Crippen LogP contribution in [0.1, 0.15) is 21.7 Å². The Hall–Kier alpha value is -2.39. The van der Waals surface area contributed by atoms with Gasteiger partial charge in [-0.05, 0) is 37.7 Å². The van der Waals surface area contributed by atoms with E-state index in [9.17, 15) is 4.79 Å². The van der Waals surface area contributed by atoms with E-state index >= 15 is 0 Å². The summed E-state index contributed by atoms with van der Waals surface area (Å²) in [5, 5.41) is 4.06. The van der Waals surface area contributed by atoms with Crippen molar-refractivity contribution in [3.05, 3.63) is 71.5 Å². The monoisotopic (exact) mass is 279 g/mol. The van der Waals surface area contributed by atoms with Crippen molar-refractivity contribution < 1.29 is 9.21 Å². The minimum Gasteiger partial charge on any atom is -0.453 e. The third-order valence-electron chi connectivity index (χ3n) is 3.56. The van der Waals surface area contributed by atoms with Gasteiger partial charge >= 0.3 is 0 Å². The topological polar surface area (TPSA) is 42.2 Å². The molecule has 1 N–H and O–H groups in total. The summed E-state index contributed by atoms with van der Waals surface area (Å²) in [6, 6.07) is 17.2. The third kappa shape index (κ3) is 2.73. The van der Waals surface area contributed by atoms with Crippen molar-refractivity contribution in [2.45, 2.75) is 6.42 Å². The summed E-state index contributed by atoms with van der Waals surface area (Å²) in [6.07, 6.45) is 0.818. The van der Waals surface area contributed by atoms with Gasteiger partial charge in [0, 0.05) is 10.9 Å². The second-order valence-corrected chi connectivity index (χ2v) is 4.99. The van der Waals surface area contributed by atoms with Gasteiger partial charge in [-0.25, -0.2) is 0 Å². The predicted molar refractivity (Wildman–Crippen MR) is 83.7 cm³/mol. The number of nitrogens with one attached hydrogen (secondary N) is 1. The molecule has 3 aromatic rings. The normalized spacial score (nSPS) is 10.9. The number of hydrogen-bond acceptors (Lipinski definition) is 3. The first-order valence-corrected chi connectivity index (χ1v) is 7.05.